The molecule has 2 rings (SSSR count). The molecule has 1 heterocycles. The predicted molar refractivity (Wildman–Crippen MR) is 53.3 cm³/mol. The first-order valence-electron chi connectivity index (χ1n) is 4.76. The van der Waals surface area contributed by atoms with Gasteiger partial charge in [-0.1, -0.05) is 0 Å². The van der Waals surface area contributed by atoms with E-state index in [2.05, 4.69) is 15.3 Å². The zero-order chi connectivity index (χ0) is 10.8. The molecular formula is C9H12N4O2. The molecule has 0 atom stereocenters. The zero-order valence-electron chi connectivity index (χ0n) is 8.06. The van der Waals surface area contributed by atoms with Crippen LogP contribution < -0.4 is 16.6 Å². The quantitative estimate of drug-likeness (QED) is 0.579. The Kier molecular flexibility index (Phi) is 2.51. The van der Waals surface area contributed by atoms with E-state index in [4.69, 9.17) is 5.73 Å². The fourth-order valence-electron chi connectivity index (χ4n) is 1.51. The zero-order valence-corrected chi connectivity index (χ0v) is 8.06. The second kappa shape index (κ2) is 3.82. The third kappa shape index (κ3) is 2.21. The van der Waals surface area contributed by atoms with Crippen molar-refractivity contribution in [2.24, 2.45) is 5.73 Å². The van der Waals surface area contributed by atoms with E-state index in [1.165, 1.54) is 6.20 Å². The maximum Gasteiger partial charge on any atom is 0.271 e. The standard InChI is InChI=1S/C9H12N4O2/c10-5-1-6(2-5)13-9(15)7-3-12-8(14)4-11-7/h3-6H,1-2,10H2,(H,12,14)(H,13,15). The summed E-state index contributed by atoms with van der Waals surface area (Å²) in [7, 11) is 0. The predicted octanol–water partition coefficient (Wildman–Crippen LogP) is -1.01. The molecule has 1 aliphatic rings. The van der Waals surface area contributed by atoms with Crippen molar-refractivity contribution >= 4 is 5.91 Å². The molecule has 0 spiro atoms. The Morgan fingerprint density at radius 2 is 2.33 bits per heavy atom. The van der Waals surface area contributed by atoms with Gasteiger partial charge in [0.05, 0.1) is 6.20 Å². The van der Waals surface area contributed by atoms with Crippen LogP contribution >= 0.6 is 0 Å². The van der Waals surface area contributed by atoms with Crippen LogP contribution in [0.4, 0.5) is 0 Å². The van der Waals surface area contributed by atoms with E-state index in [0.717, 1.165) is 19.0 Å². The average molecular weight is 208 g/mol. The van der Waals surface area contributed by atoms with Crippen molar-refractivity contribution in [2.75, 3.05) is 0 Å². The molecule has 0 aliphatic heterocycles. The number of nitrogens with zero attached hydrogens (tertiary/aromatic N) is 1. The summed E-state index contributed by atoms with van der Waals surface area (Å²) >= 11 is 0. The fourth-order valence-corrected chi connectivity index (χ4v) is 1.51. The number of hydrogen-bond acceptors (Lipinski definition) is 4. The lowest BCUT2D eigenvalue weighted by Gasteiger charge is -2.32. The van der Waals surface area contributed by atoms with Gasteiger partial charge in [-0.3, -0.25) is 9.59 Å². The maximum atomic E-state index is 11.5. The molecular weight excluding hydrogens is 196 g/mol. The molecule has 0 aromatic carbocycles. The summed E-state index contributed by atoms with van der Waals surface area (Å²) in [5.74, 6) is -0.275. The number of hydrogen-bond donors (Lipinski definition) is 3. The highest BCUT2D eigenvalue weighted by molar-refractivity contribution is 5.92. The Bertz CT molecular complexity index is 402. The number of nitrogens with two attached hydrogens (primary N) is 1. The lowest BCUT2D eigenvalue weighted by atomic mass is 9.87. The molecule has 1 saturated carbocycles. The molecule has 1 amide bonds. The van der Waals surface area contributed by atoms with Gasteiger partial charge in [-0.05, 0) is 12.8 Å². The number of carbonyl (C=O) groups is 1. The highest BCUT2D eigenvalue weighted by atomic mass is 16.2. The molecule has 80 valence electrons. The van der Waals surface area contributed by atoms with Gasteiger partial charge in [0.15, 0.2) is 0 Å². The summed E-state index contributed by atoms with van der Waals surface area (Å²) in [4.78, 5) is 28.4. The Morgan fingerprint density at radius 1 is 1.60 bits per heavy atom. The minimum Gasteiger partial charge on any atom is -0.348 e. The van der Waals surface area contributed by atoms with Gasteiger partial charge in [-0.15, -0.1) is 0 Å². The van der Waals surface area contributed by atoms with Crippen LogP contribution in [-0.4, -0.2) is 28.0 Å². The van der Waals surface area contributed by atoms with Crippen molar-refractivity contribution in [3.8, 4) is 0 Å². The van der Waals surface area contributed by atoms with E-state index < -0.39 is 0 Å². The van der Waals surface area contributed by atoms with E-state index in [1.807, 2.05) is 0 Å². The van der Waals surface area contributed by atoms with Gasteiger partial charge in [0, 0.05) is 18.3 Å². The number of aromatic nitrogens is 2. The van der Waals surface area contributed by atoms with E-state index >= 15 is 0 Å². The summed E-state index contributed by atoms with van der Waals surface area (Å²) in [5, 5.41) is 2.78. The molecule has 1 fully saturated rings. The van der Waals surface area contributed by atoms with Gasteiger partial charge in [-0.2, -0.15) is 0 Å². The van der Waals surface area contributed by atoms with E-state index in [9.17, 15) is 9.59 Å². The van der Waals surface area contributed by atoms with Crippen LogP contribution in [0.1, 0.15) is 23.3 Å². The first kappa shape index (κ1) is 9.85. The second-order valence-electron chi connectivity index (χ2n) is 3.70. The first-order valence-corrected chi connectivity index (χ1v) is 4.76. The number of carbonyl (C=O) groups excluding carboxylic acids is 1. The SMILES string of the molecule is NC1CC(NC(=O)c2c[nH]c(=O)cn2)C1. The summed E-state index contributed by atoms with van der Waals surface area (Å²) in [6, 6.07) is 0.333. The second-order valence-corrected chi connectivity index (χ2v) is 3.70. The van der Waals surface area contributed by atoms with Crippen molar-refractivity contribution in [1.29, 1.82) is 0 Å². The van der Waals surface area contributed by atoms with E-state index in [-0.39, 0.29) is 29.2 Å². The Morgan fingerprint density at radius 3 is 2.87 bits per heavy atom. The van der Waals surface area contributed by atoms with Crippen LogP contribution in [0.15, 0.2) is 17.2 Å². The average Bonchev–Trinajstić information content (AvgIpc) is 2.16. The van der Waals surface area contributed by atoms with Crippen molar-refractivity contribution < 1.29 is 4.79 Å². The number of H-pyrrole nitrogens is 1. The number of aromatic amines is 1. The first-order chi connectivity index (χ1) is 7.15. The van der Waals surface area contributed by atoms with Gasteiger partial charge in [-0.25, -0.2) is 4.98 Å². The molecule has 1 aliphatic carbocycles. The van der Waals surface area contributed by atoms with Gasteiger partial charge in [0.25, 0.3) is 11.5 Å². The van der Waals surface area contributed by atoms with Gasteiger partial charge < -0.3 is 16.0 Å². The van der Waals surface area contributed by atoms with Crippen LogP contribution in [0.25, 0.3) is 0 Å². The van der Waals surface area contributed by atoms with Gasteiger partial charge >= 0.3 is 0 Å². The fraction of sp³-hybridized carbons (Fsp3) is 0.444. The molecule has 0 saturated heterocycles. The van der Waals surface area contributed by atoms with Crippen molar-refractivity contribution in [3.63, 3.8) is 0 Å². The lowest BCUT2D eigenvalue weighted by molar-refractivity contribution is 0.0904. The van der Waals surface area contributed by atoms with Crippen LogP contribution in [0, 0.1) is 0 Å². The molecule has 6 nitrogen and oxygen atoms in total. The molecule has 0 bridgehead atoms. The molecule has 6 heteroatoms. The van der Waals surface area contributed by atoms with Crippen molar-refractivity contribution in [2.45, 2.75) is 24.9 Å². The van der Waals surface area contributed by atoms with Gasteiger partial charge in [0.1, 0.15) is 5.69 Å². The molecule has 1 aromatic heterocycles. The van der Waals surface area contributed by atoms with Crippen LogP contribution in [0.2, 0.25) is 0 Å². The smallest absolute Gasteiger partial charge is 0.271 e. The monoisotopic (exact) mass is 208 g/mol. The van der Waals surface area contributed by atoms with Crippen LogP contribution in [-0.2, 0) is 0 Å². The van der Waals surface area contributed by atoms with Crippen molar-refractivity contribution in [1.82, 2.24) is 15.3 Å². The minimum absolute atomic E-state index is 0.140. The normalized spacial score (nSPS) is 24.3. The summed E-state index contributed by atoms with van der Waals surface area (Å²) in [6.45, 7) is 0. The highest BCUT2D eigenvalue weighted by Gasteiger charge is 2.27. The van der Waals surface area contributed by atoms with Crippen LogP contribution in [0.3, 0.4) is 0 Å². The van der Waals surface area contributed by atoms with E-state index in [1.54, 1.807) is 0 Å². The molecule has 0 radical (unpaired) electrons. The number of nitrogens with one attached hydrogen (secondary N) is 2. The van der Waals surface area contributed by atoms with E-state index in [0.29, 0.717) is 0 Å². The number of rotatable bonds is 2. The lowest BCUT2D eigenvalue weighted by Crippen LogP contribution is -2.50. The largest absolute Gasteiger partial charge is 0.348 e. The van der Waals surface area contributed by atoms with Crippen LogP contribution in [0.5, 0.6) is 0 Å². The molecule has 15 heavy (non-hydrogen) atoms. The third-order valence-electron chi connectivity index (χ3n) is 2.41. The Balaban J connectivity index is 1.96. The summed E-state index contributed by atoms with van der Waals surface area (Å²) in [6.07, 6.45) is 3.99. The Hall–Kier alpha value is -1.69. The molecule has 4 N–H and O–H groups in total. The van der Waals surface area contributed by atoms with Crippen molar-refractivity contribution in [3.05, 3.63) is 28.4 Å². The topological polar surface area (TPSA) is 101 Å². The van der Waals surface area contributed by atoms with Gasteiger partial charge in [0.2, 0.25) is 0 Å². The molecule has 1 aromatic rings. The third-order valence-corrected chi connectivity index (χ3v) is 2.41. The molecule has 0 unspecified atom stereocenters. The Labute approximate surface area is 85.9 Å². The number of amides is 1. The summed E-state index contributed by atoms with van der Waals surface area (Å²) in [5.41, 5.74) is 5.48. The maximum absolute atomic E-state index is 11.5. The highest BCUT2D eigenvalue weighted by Crippen LogP contribution is 2.17. The minimum atomic E-state index is -0.322. The summed E-state index contributed by atoms with van der Waals surface area (Å²) < 4.78 is 0.